The van der Waals surface area contributed by atoms with E-state index in [1.807, 2.05) is 31.2 Å². The van der Waals surface area contributed by atoms with Crippen LogP contribution in [0.4, 0.5) is 10.1 Å². The van der Waals surface area contributed by atoms with Crippen molar-refractivity contribution in [2.45, 2.75) is 26.4 Å². The van der Waals surface area contributed by atoms with Crippen molar-refractivity contribution in [1.29, 1.82) is 0 Å². The summed E-state index contributed by atoms with van der Waals surface area (Å²) in [5.41, 5.74) is 1.80. The molecule has 0 aliphatic rings. The van der Waals surface area contributed by atoms with Gasteiger partial charge in [0.25, 0.3) is 0 Å². The largest absolute Gasteiger partial charge is 0.350 e. The Morgan fingerprint density at radius 1 is 1.16 bits per heavy atom. The zero-order chi connectivity index (χ0) is 18.6. The summed E-state index contributed by atoms with van der Waals surface area (Å²) in [6, 6.07) is 11.9. The quantitative estimate of drug-likeness (QED) is 0.857. The molecule has 0 radical (unpaired) electrons. The first-order chi connectivity index (χ1) is 11.7. The number of carbonyl (C=O) groups is 1. The lowest BCUT2D eigenvalue weighted by Crippen LogP contribution is -2.48. The summed E-state index contributed by atoms with van der Waals surface area (Å²) in [6.45, 7) is 3.62. The molecule has 0 unspecified atom stereocenters. The maximum absolute atomic E-state index is 14.1. The average molecular weight is 364 g/mol. The molecular weight excluding hydrogens is 343 g/mol. The van der Waals surface area contributed by atoms with Gasteiger partial charge in [-0.05, 0) is 37.1 Å². The first-order valence-electron chi connectivity index (χ1n) is 7.78. The van der Waals surface area contributed by atoms with Gasteiger partial charge in [-0.25, -0.2) is 12.8 Å². The minimum Gasteiger partial charge on any atom is -0.350 e. The van der Waals surface area contributed by atoms with Crippen molar-refractivity contribution in [3.63, 3.8) is 0 Å². The maximum atomic E-state index is 14.1. The molecule has 2 aromatic rings. The second kappa shape index (κ2) is 7.65. The first kappa shape index (κ1) is 18.9. The van der Waals surface area contributed by atoms with Gasteiger partial charge in [0.15, 0.2) is 0 Å². The molecule has 7 heteroatoms. The van der Waals surface area contributed by atoms with Crippen molar-refractivity contribution in [1.82, 2.24) is 5.32 Å². The van der Waals surface area contributed by atoms with Gasteiger partial charge in [-0.2, -0.15) is 0 Å². The number of carbonyl (C=O) groups excluding carboxylic acids is 1. The van der Waals surface area contributed by atoms with Crippen LogP contribution in [0.5, 0.6) is 0 Å². The molecule has 0 fully saturated rings. The van der Waals surface area contributed by atoms with Gasteiger partial charge in [0.2, 0.25) is 15.9 Å². The second-order valence-corrected chi connectivity index (χ2v) is 7.69. The van der Waals surface area contributed by atoms with E-state index >= 15 is 0 Å². The minimum absolute atomic E-state index is 0.149. The van der Waals surface area contributed by atoms with E-state index in [4.69, 9.17) is 0 Å². The number of anilines is 1. The van der Waals surface area contributed by atoms with E-state index in [1.54, 1.807) is 0 Å². The molecule has 0 heterocycles. The van der Waals surface area contributed by atoms with E-state index in [2.05, 4.69) is 5.32 Å². The summed E-state index contributed by atoms with van der Waals surface area (Å²) in [5.74, 6) is -1.21. The van der Waals surface area contributed by atoms with Crippen LogP contribution in [0.25, 0.3) is 0 Å². The van der Waals surface area contributed by atoms with Gasteiger partial charge in [-0.15, -0.1) is 0 Å². The van der Waals surface area contributed by atoms with Crippen LogP contribution in [0, 0.1) is 12.7 Å². The van der Waals surface area contributed by atoms with Crippen LogP contribution >= 0.6 is 0 Å². The molecule has 0 saturated heterocycles. The number of nitrogens with one attached hydrogen (secondary N) is 1. The molecular formula is C18H21FN2O3S. The molecule has 0 spiro atoms. The van der Waals surface area contributed by atoms with Crippen LogP contribution in [0.15, 0.2) is 48.5 Å². The topological polar surface area (TPSA) is 66.5 Å². The third-order valence-corrected chi connectivity index (χ3v) is 5.12. The third-order valence-electron chi connectivity index (χ3n) is 3.89. The summed E-state index contributed by atoms with van der Waals surface area (Å²) in [7, 11) is -3.84. The molecule has 5 nitrogen and oxygen atoms in total. The zero-order valence-corrected chi connectivity index (χ0v) is 15.2. The Bertz CT molecular complexity index is 868. The molecule has 0 bridgehead atoms. The lowest BCUT2D eigenvalue weighted by molar-refractivity contribution is -0.122. The number of aryl methyl sites for hydroxylation is 1. The maximum Gasteiger partial charge on any atom is 0.243 e. The van der Waals surface area contributed by atoms with Crippen LogP contribution in [-0.4, -0.2) is 26.6 Å². The van der Waals surface area contributed by atoms with E-state index in [0.29, 0.717) is 0 Å². The Balaban J connectivity index is 2.22. The molecule has 134 valence electrons. The first-order valence-corrected chi connectivity index (χ1v) is 9.63. The van der Waals surface area contributed by atoms with Crippen molar-refractivity contribution < 1.29 is 17.6 Å². The highest BCUT2D eigenvalue weighted by Crippen LogP contribution is 2.24. The summed E-state index contributed by atoms with van der Waals surface area (Å²) in [5, 5.41) is 2.71. The Hall–Kier alpha value is -2.41. The Kier molecular flexibility index (Phi) is 5.79. The number of halogens is 1. The molecule has 1 amide bonds. The van der Waals surface area contributed by atoms with Crippen molar-refractivity contribution in [3.05, 3.63) is 65.5 Å². The summed E-state index contributed by atoms with van der Waals surface area (Å²) in [4.78, 5) is 12.5. The highest BCUT2D eigenvalue weighted by atomic mass is 32.2. The Labute approximate surface area is 147 Å². The fourth-order valence-electron chi connectivity index (χ4n) is 2.55. The normalized spacial score (nSPS) is 12.5. The zero-order valence-electron chi connectivity index (χ0n) is 14.4. The summed E-state index contributed by atoms with van der Waals surface area (Å²) < 4.78 is 39.1. The number of rotatable bonds is 6. The van der Waals surface area contributed by atoms with Gasteiger partial charge in [0.1, 0.15) is 11.9 Å². The molecule has 0 aromatic heterocycles. The standard InChI is InChI=1S/C18H21FN2O3S/c1-13-8-4-5-9-15(13)12-20-18(22)14(2)21(25(3,23)24)17-11-7-6-10-16(17)19/h4-11,14H,12H2,1-3H3,(H,20,22)/t14-/m0/s1. The van der Waals surface area contributed by atoms with E-state index in [9.17, 15) is 17.6 Å². The number of benzene rings is 2. The highest BCUT2D eigenvalue weighted by Gasteiger charge is 2.30. The van der Waals surface area contributed by atoms with E-state index in [1.165, 1.54) is 25.1 Å². The number of amides is 1. The number of sulfonamides is 1. The van der Waals surface area contributed by atoms with Gasteiger partial charge in [-0.3, -0.25) is 9.10 Å². The predicted octanol–water partition coefficient (Wildman–Crippen LogP) is 2.61. The minimum atomic E-state index is -3.84. The lowest BCUT2D eigenvalue weighted by atomic mass is 10.1. The fraction of sp³-hybridized carbons (Fsp3) is 0.278. The highest BCUT2D eigenvalue weighted by molar-refractivity contribution is 7.92. The van der Waals surface area contributed by atoms with Crippen molar-refractivity contribution >= 4 is 21.6 Å². The monoisotopic (exact) mass is 364 g/mol. The number of para-hydroxylation sites is 1. The molecule has 2 rings (SSSR count). The lowest BCUT2D eigenvalue weighted by Gasteiger charge is -2.28. The smallest absolute Gasteiger partial charge is 0.243 e. The van der Waals surface area contributed by atoms with Crippen LogP contribution < -0.4 is 9.62 Å². The number of hydrogen-bond donors (Lipinski definition) is 1. The Morgan fingerprint density at radius 2 is 1.76 bits per heavy atom. The molecule has 2 aromatic carbocycles. The van der Waals surface area contributed by atoms with Crippen molar-refractivity contribution in [2.75, 3.05) is 10.6 Å². The summed E-state index contributed by atoms with van der Waals surface area (Å²) >= 11 is 0. The molecule has 0 aliphatic heterocycles. The van der Waals surface area contributed by atoms with Crippen LogP contribution in [0.2, 0.25) is 0 Å². The van der Waals surface area contributed by atoms with Crippen molar-refractivity contribution in [2.24, 2.45) is 0 Å². The van der Waals surface area contributed by atoms with E-state index < -0.39 is 27.8 Å². The van der Waals surface area contributed by atoms with Gasteiger partial charge < -0.3 is 5.32 Å². The van der Waals surface area contributed by atoms with Crippen LogP contribution in [0.1, 0.15) is 18.1 Å². The fourth-order valence-corrected chi connectivity index (χ4v) is 3.73. The SMILES string of the molecule is Cc1ccccc1CNC(=O)[C@H](C)N(c1ccccc1F)S(C)(=O)=O. The summed E-state index contributed by atoms with van der Waals surface area (Å²) in [6.07, 6.45) is 0.949. The predicted molar refractivity (Wildman–Crippen MR) is 96.2 cm³/mol. The molecule has 0 aliphatic carbocycles. The number of nitrogens with zero attached hydrogens (tertiary/aromatic N) is 1. The molecule has 0 saturated carbocycles. The molecule has 1 N–H and O–H groups in total. The third kappa shape index (κ3) is 4.57. The van der Waals surface area contributed by atoms with E-state index in [-0.39, 0.29) is 12.2 Å². The van der Waals surface area contributed by atoms with Gasteiger partial charge in [-0.1, -0.05) is 36.4 Å². The van der Waals surface area contributed by atoms with Crippen LogP contribution in [-0.2, 0) is 21.4 Å². The van der Waals surface area contributed by atoms with Crippen molar-refractivity contribution in [3.8, 4) is 0 Å². The van der Waals surface area contributed by atoms with Gasteiger partial charge in [0.05, 0.1) is 11.9 Å². The second-order valence-electron chi connectivity index (χ2n) is 5.83. The molecule has 1 atom stereocenters. The average Bonchev–Trinajstić information content (AvgIpc) is 2.54. The van der Waals surface area contributed by atoms with Crippen LogP contribution in [0.3, 0.4) is 0 Å². The number of hydrogen-bond acceptors (Lipinski definition) is 3. The van der Waals surface area contributed by atoms with E-state index in [0.717, 1.165) is 27.8 Å². The van der Waals surface area contributed by atoms with Gasteiger partial charge in [0, 0.05) is 6.54 Å². The van der Waals surface area contributed by atoms with Gasteiger partial charge >= 0.3 is 0 Å². The molecule has 25 heavy (non-hydrogen) atoms. The Morgan fingerprint density at radius 3 is 2.36 bits per heavy atom.